The first-order valence-electron chi connectivity index (χ1n) is 6.36. The molecule has 1 aromatic heterocycles. The number of rotatable bonds is 4. The second kappa shape index (κ2) is 5.25. The van der Waals surface area contributed by atoms with Crippen molar-refractivity contribution in [3.63, 3.8) is 0 Å². The molecule has 1 aliphatic carbocycles. The average molecular weight is 235 g/mol. The Bertz CT molecular complexity index is 381. The van der Waals surface area contributed by atoms with Gasteiger partial charge in [0.2, 0.25) is 5.88 Å². The van der Waals surface area contributed by atoms with Crippen molar-refractivity contribution in [3.8, 4) is 5.88 Å². The number of ether oxygens (including phenoxy) is 1. The molecule has 94 valence electrons. The van der Waals surface area contributed by atoms with Gasteiger partial charge in [-0.15, -0.1) is 0 Å². The molecule has 0 amide bonds. The van der Waals surface area contributed by atoms with Crippen molar-refractivity contribution in [1.29, 1.82) is 0 Å². The van der Waals surface area contributed by atoms with E-state index < -0.39 is 0 Å². The van der Waals surface area contributed by atoms with Gasteiger partial charge in [0.25, 0.3) is 0 Å². The smallest absolute Gasteiger partial charge is 0.239 e. The van der Waals surface area contributed by atoms with Gasteiger partial charge < -0.3 is 15.8 Å². The first-order valence-corrected chi connectivity index (χ1v) is 6.36. The first kappa shape index (κ1) is 12.0. The van der Waals surface area contributed by atoms with Crippen LogP contribution in [0.2, 0.25) is 0 Å². The van der Waals surface area contributed by atoms with Crippen LogP contribution < -0.4 is 15.8 Å². The van der Waals surface area contributed by atoms with Crippen molar-refractivity contribution in [1.82, 2.24) is 4.98 Å². The normalized spacial score (nSPS) is 23.6. The molecule has 3 N–H and O–H groups in total. The number of nitrogens with two attached hydrogens (primary N) is 1. The van der Waals surface area contributed by atoms with E-state index in [9.17, 15) is 0 Å². The monoisotopic (exact) mass is 235 g/mol. The van der Waals surface area contributed by atoms with Gasteiger partial charge in [0.05, 0.1) is 12.3 Å². The van der Waals surface area contributed by atoms with Crippen LogP contribution in [0.5, 0.6) is 5.88 Å². The van der Waals surface area contributed by atoms with Crippen molar-refractivity contribution in [3.05, 3.63) is 12.1 Å². The lowest BCUT2D eigenvalue weighted by Gasteiger charge is -2.18. The zero-order valence-corrected chi connectivity index (χ0v) is 10.6. The molecule has 1 aliphatic rings. The van der Waals surface area contributed by atoms with Crippen LogP contribution >= 0.6 is 0 Å². The summed E-state index contributed by atoms with van der Waals surface area (Å²) in [5.74, 6) is 2.11. The van der Waals surface area contributed by atoms with Crippen LogP contribution in [-0.2, 0) is 0 Å². The number of nitrogens with one attached hydrogen (secondary N) is 1. The van der Waals surface area contributed by atoms with E-state index in [0.717, 1.165) is 5.82 Å². The maximum atomic E-state index is 5.80. The summed E-state index contributed by atoms with van der Waals surface area (Å²) in [6.45, 7) is 4.80. The summed E-state index contributed by atoms with van der Waals surface area (Å²) >= 11 is 0. The Kier molecular flexibility index (Phi) is 3.71. The molecule has 2 unspecified atom stereocenters. The van der Waals surface area contributed by atoms with Crippen molar-refractivity contribution < 1.29 is 4.74 Å². The van der Waals surface area contributed by atoms with Crippen LogP contribution in [0, 0.1) is 5.92 Å². The molecule has 4 heteroatoms. The minimum absolute atomic E-state index is 0.528. The highest BCUT2D eigenvalue weighted by Crippen LogP contribution is 2.28. The SMILES string of the molecule is CCOc1nc(NC2CCCC2C)ccc1N. The Labute approximate surface area is 103 Å². The molecule has 1 saturated carbocycles. The first-order chi connectivity index (χ1) is 8.20. The zero-order valence-electron chi connectivity index (χ0n) is 10.6. The largest absolute Gasteiger partial charge is 0.476 e. The lowest BCUT2D eigenvalue weighted by molar-refractivity contribution is 0.329. The van der Waals surface area contributed by atoms with Crippen LogP contribution in [0.1, 0.15) is 33.1 Å². The van der Waals surface area contributed by atoms with E-state index in [-0.39, 0.29) is 0 Å². The average Bonchev–Trinajstić information content (AvgIpc) is 2.70. The minimum Gasteiger partial charge on any atom is -0.476 e. The fourth-order valence-corrected chi connectivity index (χ4v) is 2.33. The predicted octanol–water partition coefficient (Wildman–Crippen LogP) is 2.66. The third-order valence-electron chi connectivity index (χ3n) is 3.37. The Balaban J connectivity index is 2.07. The number of aromatic nitrogens is 1. The molecule has 1 heterocycles. The minimum atomic E-state index is 0.528. The van der Waals surface area contributed by atoms with Crippen molar-refractivity contribution in [2.45, 2.75) is 39.2 Å². The van der Waals surface area contributed by atoms with Crippen molar-refractivity contribution in [2.75, 3.05) is 17.7 Å². The lowest BCUT2D eigenvalue weighted by Crippen LogP contribution is -2.22. The van der Waals surface area contributed by atoms with Crippen molar-refractivity contribution >= 4 is 11.5 Å². The van der Waals surface area contributed by atoms with Crippen LogP contribution in [-0.4, -0.2) is 17.6 Å². The Hall–Kier alpha value is -1.45. The second-order valence-electron chi connectivity index (χ2n) is 4.68. The van der Waals surface area contributed by atoms with E-state index in [1.807, 2.05) is 19.1 Å². The molecule has 0 spiro atoms. The standard InChI is InChI=1S/C13H21N3O/c1-3-17-13-10(14)7-8-12(16-13)15-11-6-4-5-9(11)2/h7-9,11H,3-6,14H2,1-2H3,(H,15,16). The quantitative estimate of drug-likeness (QED) is 0.842. The number of anilines is 2. The zero-order chi connectivity index (χ0) is 12.3. The maximum absolute atomic E-state index is 5.80. The van der Waals surface area contributed by atoms with Gasteiger partial charge >= 0.3 is 0 Å². The molecular formula is C13H21N3O. The fourth-order valence-electron chi connectivity index (χ4n) is 2.33. The third kappa shape index (κ3) is 2.81. The van der Waals surface area contributed by atoms with E-state index >= 15 is 0 Å². The maximum Gasteiger partial charge on any atom is 0.239 e. The van der Waals surface area contributed by atoms with Crippen molar-refractivity contribution in [2.24, 2.45) is 5.92 Å². The van der Waals surface area contributed by atoms with Gasteiger partial charge in [0.1, 0.15) is 5.82 Å². The lowest BCUT2D eigenvalue weighted by atomic mass is 10.1. The van der Waals surface area contributed by atoms with E-state index in [4.69, 9.17) is 10.5 Å². The molecule has 2 atom stereocenters. The number of nitrogens with zero attached hydrogens (tertiary/aromatic N) is 1. The molecule has 0 saturated heterocycles. The summed E-state index contributed by atoms with van der Waals surface area (Å²) in [5, 5.41) is 3.47. The van der Waals surface area contributed by atoms with Crippen LogP contribution in [0.15, 0.2) is 12.1 Å². The summed E-state index contributed by atoms with van der Waals surface area (Å²) in [7, 11) is 0. The van der Waals surface area contributed by atoms with Gasteiger partial charge in [-0.05, 0) is 37.8 Å². The van der Waals surface area contributed by atoms with Crippen LogP contribution in [0.3, 0.4) is 0 Å². The summed E-state index contributed by atoms with van der Waals surface area (Å²) in [6, 6.07) is 4.30. The topological polar surface area (TPSA) is 60.2 Å². The molecule has 0 bridgehead atoms. The molecule has 0 aromatic carbocycles. The summed E-state index contributed by atoms with van der Waals surface area (Å²) < 4.78 is 5.39. The molecule has 1 fully saturated rings. The van der Waals surface area contributed by atoms with Crippen LogP contribution in [0.25, 0.3) is 0 Å². The van der Waals surface area contributed by atoms with Gasteiger partial charge in [0.15, 0.2) is 0 Å². The van der Waals surface area contributed by atoms with Gasteiger partial charge in [-0.2, -0.15) is 4.98 Å². The Morgan fingerprint density at radius 2 is 2.29 bits per heavy atom. The van der Waals surface area contributed by atoms with E-state index in [1.165, 1.54) is 19.3 Å². The van der Waals surface area contributed by atoms with Gasteiger partial charge in [-0.3, -0.25) is 0 Å². The molecule has 0 aliphatic heterocycles. The Morgan fingerprint density at radius 3 is 2.94 bits per heavy atom. The summed E-state index contributed by atoms with van der Waals surface area (Å²) in [6.07, 6.45) is 3.81. The summed E-state index contributed by atoms with van der Waals surface area (Å²) in [5.41, 5.74) is 6.39. The summed E-state index contributed by atoms with van der Waals surface area (Å²) in [4.78, 5) is 4.40. The number of hydrogen-bond acceptors (Lipinski definition) is 4. The van der Waals surface area contributed by atoms with E-state index in [2.05, 4.69) is 17.2 Å². The van der Waals surface area contributed by atoms with Crippen LogP contribution in [0.4, 0.5) is 11.5 Å². The molecule has 4 nitrogen and oxygen atoms in total. The number of nitrogen functional groups attached to an aromatic ring is 1. The van der Waals surface area contributed by atoms with Gasteiger partial charge in [0, 0.05) is 6.04 Å². The van der Waals surface area contributed by atoms with E-state index in [1.54, 1.807) is 0 Å². The second-order valence-corrected chi connectivity index (χ2v) is 4.68. The third-order valence-corrected chi connectivity index (χ3v) is 3.37. The molecular weight excluding hydrogens is 214 g/mol. The number of pyridine rings is 1. The molecule has 1 aromatic rings. The highest BCUT2D eigenvalue weighted by Gasteiger charge is 2.23. The van der Waals surface area contributed by atoms with Gasteiger partial charge in [-0.1, -0.05) is 13.3 Å². The molecule has 2 rings (SSSR count). The highest BCUT2D eigenvalue weighted by atomic mass is 16.5. The van der Waals surface area contributed by atoms with E-state index in [0.29, 0.717) is 30.1 Å². The highest BCUT2D eigenvalue weighted by molar-refractivity contribution is 5.53. The van der Waals surface area contributed by atoms with Gasteiger partial charge in [-0.25, -0.2) is 0 Å². The Morgan fingerprint density at radius 1 is 1.47 bits per heavy atom. The number of hydrogen-bond donors (Lipinski definition) is 2. The fraction of sp³-hybridized carbons (Fsp3) is 0.615. The molecule has 0 radical (unpaired) electrons. The molecule has 17 heavy (non-hydrogen) atoms. The predicted molar refractivity (Wildman–Crippen MR) is 70.2 cm³/mol.